The van der Waals surface area contributed by atoms with Gasteiger partial charge in [0.2, 0.25) is 0 Å². The Morgan fingerprint density at radius 1 is 1.38 bits per heavy atom. The molecule has 1 N–H and O–H groups in total. The van der Waals surface area contributed by atoms with Gasteiger partial charge in [-0.15, -0.1) is 0 Å². The van der Waals surface area contributed by atoms with Crippen molar-refractivity contribution in [3.05, 3.63) is 49.2 Å². The summed E-state index contributed by atoms with van der Waals surface area (Å²) in [6.07, 6.45) is 9.87. The molecular weight excluding hydrogens is 202 g/mol. The molecule has 0 bridgehead atoms. The van der Waals surface area contributed by atoms with Crippen molar-refractivity contribution in [1.82, 2.24) is 4.90 Å². The van der Waals surface area contributed by atoms with E-state index < -0.39 is 5.97 Å². The summed E-state index contributed by atoms with van der Waals surface area (Å²) >= 11 is 0. The lowest BCUT2D eigenvalue weighted by molar-refractivity contribution is -0.137. The van der Waals surface area contributed by atoms with E-state index in [4.69, 9.17) is 5.11 Å². The van der Waals surface area contributed by atoms with Gasteiger partial charge in [0.1, 0.15) is 0 Å². The lowest BCUT2D eigenvalue weighted by Crippen LogP contribution is -2.18. The number of allylic oxidation sites excluding steroid dienone is 5. The number of likely N-dealkylation sites (N-methyl/N-ethyl adjacent to an activating group) is 1. The maximum atomic E-state index is 10.4. The molecule has 0 aliphatic rings. The van der Waals surface area contributed by atoms with E-state index in [1.165, 1.54) is 0 Å². The van der Waals surface area contributed by atoms with Gasteiger partial charge in [0, 0.05) is 25.7 Å². The van der Waals surface area contributed by atoms with E-state index in [1.54, 1.807) is 12.2 Å². The molecule has 0 amide bonds. The second-order valence-corrected chi connectivity index (χ2v) is 3.34. The number of carbonyl (C=O) groups is 1. The maximum absolute atomic E-state index is 10.4. The Morgan fingerprint density at radius 2 is 2.06 bits per heavy atom. The first-order valence-electron chi connectivity index (χ1n) is 5.16. The van der Waals surface area contributed by atoms with E-state index in [2.05, 4.69) is 13.2 Å². The minimum atomic E-state index is -0.760. The number of carboxylic acid groups (broad SMARTS) is 1. The molecule has 0 aromatic rings. The predicted octanol–water partition coefficient (Wildman–Crippen LogP) is 2.60. The van der Waals surface area contributed by atoms with Crippen LogP contribution in [0.3, 0.4) is 0 Å². The van der Waals surface area contributed by atoms with E-state index in [-0.39, 0.29) is 6.42 Å². The number of hydrogen-bond acceptors (Lipinski definition) is 2. The largest absolute Gasteiger partial charge is 0.481 e. The Hall–Kier alpha value is -1.77. The standard InChI is InChI=1S/C13H19NO2/c1-4-6-7-9-12(5-2)14(3)11-8-10-13(15)16/h4-7,9H,1-2,8,10-11H2,3H3,(H,15,16)/b7-6-,12-9+. The Bertz CT molecular complexity index is 303. The molecule has 0 unspecified atom stereocenters. The second-order valence-electron chi connectivity index (χ2n) is 3.34. The average molecular weight is 221 g/mol. The molecule has 0 rings (SSSR count). The zero-order valence-corrected chi connectivity index (χ0v) is 9.72. The zero-order valence-electron chi connectivity index (χ0n) is 9.72. The third-order valence-corrected chi connectivity index (χ3v) is 2.05. The number of carboxylic acids is 1. The fraction of sp³-hybridized carbons (Fsp3) is 0.308. The lowest BCUT2D eigenvalue weighted by Gasteiger charge is -2.19. The number of nitrogens with zero attached hydrogens (tertiary/aromatic N) is 1. The molecule has 0 saturated carbocycles. The van der Waals surface area contributed by atoms with Crippen molar-refractivity contribution >= 4 is 5.97 Å². The van der Waals surface area contributed by atoms with Crippen LogP contribution in [-0.2, 0) is 4.79 Å². The highest BCUT2D eigenvalue weighted by Gasteiger charge is 2.01. The molecule has 0 saturated heterocycles. The van der Waals surface area contributed by atoms with Crippen LogP contribution in [0.25, 0.3) is 0 Å². The minimum Gasteiger partial charge on any atom is -0.481 e. The van der Waals surface area contributed by atoms with Gasteiger partial charge >= 0.3 is 5.97 Å². The molecule has 0 radical (unpaired) electrons. The topological polar surface area (TPSA) is 40.5 Å². The van der Waals surface area contributed by atoms with Crippen LogP contribution in [0, 0.1) is 0 Å². The van der Waals surface area contributed by atoms with E-state index >= 15 is 0 Å². The summed E-state index contributed by atoms with van der Waals surface area (Å²) in [6.45, 7) is 7.99. The smallest absolute Gasteiger partial charge is 0.303 e. The third-order valence-electron chi connectivity index (χ3n) is 2.05. The van der Waals surface area contributed by atoms with Crippen LogP contribution >= 0.6 is 0 Å². The summed E-state index contributed by atoms with van der Waals surface area (Å²) in [6, 6.07) is 0. The van der Waals surface area contributed by atoms with Gasteiger partial charge in [0.05, 0.1) is 0 Å². The molecule has 0 aliphatic carbocycles. The molecule has 0 aromatic heterocycles. The highest BCUT2D eigenvalue weighted by Crippen LogP contribution is 2.05. The van der Waals surface area contributed by atoms with Gasteiger partial charge in [0.15, 0.2) is 0 Å². The number of aliphatic carboxylic acids is 1. The van der Waals surface area contributed by atoms with E-state index in [0.29, 0.717) is 13.0 Å². The molecule has 88 valence electrons. The van der Waals surface area contributed by atoms with Gasteiger partial charge in [-0.3, -0.25) is 4.79 Å². The third kappa shape index (κ3) is 6.65. The second kappa shape index (κ2) is 8.53. The molecule has 0 atom stereocenters. The van der Waals surface area contributed by atoms with E-state index in [1.807, 2.05) is 30.2 Å². The van der Waals surface area contributed by atoms with Crippen molar-refractivity contribution in [2.45, 2.75) is 12.8 Å². The normalized spacial score (nSPS) is 11.4. The summed E-state index contributed by atoms with van der Waals surface area (Å²) < 4.78 is 0. The van der Waals surface area contributed by atoms with Gasteiger partial charge in [-0.25, -0.2) is 0 Å². The molecule has 16 heavy (non-hydrogen) atoms. The van der Waals surface area contributed by atoms with E-state index in [9.17, 15) is 4.79 Å². The Labute approximate surface area is 97.1 Å². The summed E-state index contributed by atoms with van der Waals surface area (Å²) in [5.74, 6) is -0.760. The minimum absolute atomic E-state index is 0.192. The highest BCUT2D eigenvalue weighted by molar-refractivity contribution is 5.66. The SMILES string of the molecule is C=C/C=C\C=C(/C=C)N(C)CCCC(=O)O. The Morgan fingerprint density at radius 3 is 2.56 bits per heavy atom. The quantitative estimate of drug-likeness (QED) is 0.640. The molecule has 3 heteroatoms. The average Bonchev–Trinajstić information content (AvgIpc) is 2.23. The molecule has 0 fully saturated rings. The fourth-order valence-electron chi connectivity index (χ4n) is 1.18. The number of rotatable bonds is 8. The van der Waals surface area contributed by atoms with Crippen molar-refractivity contribution in [2.24, 2.45) is 0 Å². The van der Waals surface area contributed by atoms with Crippen LogP contribution in [0.15, 0.2) is 49.2 Å². The van der Waals surface area contributed by atoms with Gasteiger partial charge < -0.3 is 10.0 Å². The van der Waals surface area contributed by atoms with Crippen LogP contribution in [0.5, 0.6) is 0 Å². The van der Waals surface area contributed by atoms with Crippen LogP contribution in [0.2, 0.25) is 0 Å². The summed E-state index contributed by atoms with van der Waals surface area (Å²) in [7, 11) is 1.91. The fourth-order valence-corrected chi connectivity index (χ4v) is 1.18. The van der Waals surface area contributed by atoms with Crippen LogP contribution in [-0.4, -0.2) is 29.6 Å². The number of hydrogen-bond donors (Lipinski definition) is 1. The molecule has 0 spiro atoms. The molecule has 0 aromatic carbocycles. The molecule has 3 nitrogen and oxygen atoms in total. The van der Waals surface area contributed by atoms with Gasteiger partial charge in [0.25, 0.3) is 0 Å². The van der Waals surface area contributed by atoms with E-state index in [0.717, 1.165) is 5.70 Å². The molecular formula is C13H19NO2. The lowest BCUT2D eigenvalue weighted by atomic mass is 10.2. The van der Waals surface area contributed by atoms with Gasteiger partial charge in [-0.1, -0.05) is 31.4 Å². The van der Waals surface area contributed by atoms with Crippen LogP contribution in [0.4, 0.5) is 0 Å². The molecule has 0 aliphatic heterocycles. The summed E-state index contributed by atoms with van der Waals surface area (Å²) in [5.41, 5.74) is 0.962. The zero-order chi connectivity index (χ0) is 12.4. The summed E-state index contributed by atoms with van der Waals surface area (Å²) in [4.78, 5) is 12.3. The summed E-state index contributed by atoms with van der Waals surface area (Å²) in [5, 5.41) is 8.52. The van der Waals surface area contributed by atoms with Crippen molar-refractivity contribution in [3.63, 3.8) is 0 Å². The Kier molecular flexibility index (Phi) is 7.59. The first-order chi connectivity index (χ1) is 7.61. The van der Waals surface area contributed by atoms with Crippen LogP contribution < -0.4 is 0 Å². The first-order valence-corrected chi connectivity index (χ1v) is 5.16. The monoisotopic (exact) mass is 221 g/mol. The van der Waals surface area contributed by atoms with Gasteiger partial charge in [-0.2, -0.15) is 0 Å². The van der Waals surface area contributed by atoms with Crippen molar-refractivity contribution in [3.8, 4) is 0 Å². The highest BCUT2D eigenvalue weighted by atomic mass is 16.4. The maximum Gasteiger partial charge on any atom is 0.303 e. The first kappa shape index (κ1) is 14.2. The van der Waals surface area contributed by atoms with Crippen molar-refractivity contribution in [2.75, 3.05) is 13.6 Å². The van der Waals surface area contributed by atoms with Crippen molar-refractivity contribution < 1.29 is 9.90 Å². The Balaban J connectivity index is 4.19. The van der Waals surface area contributed by atoms with Gasteiger partial charge in [-0.05, 0) is 18.6 Å². The van der Waals surface area contributed by atoms with Crippen molar-refractivity contribution in [1.29, 1.82) is 0 Å². The van der Waals surface area contributed by atoms with Crippen LogP contribution in [0.1, 0.15) is 12.8 Å². The predicted molar refractivity (Wildman–Crippen MR) is 67.1 cm³/mol. The molecule has 0 heterocycles.